The smallest absolute Gasteiger partial charge is 0.220 e. The summed E-state index contributed by atoms with van der Waals surface area (Å²) in [5, 5.41) is 10.1. The van der Waals surface area contributed by atoms with E-state index in [9.17, 15) is 5.11 Å². The van der Waals surface area contributed by atoms with Crippen molar-refractivity contribution in [2.75, 3.05) is 5.73 Å². The van der Waals surface area contributed by atoms with Crippen LogP contribution in [0.2, 0.25) is 0 Å². The Morgan fingerprint density at radius 3 is 2.76 bits per heavy atom. The first-order valence-corrected chi connectivity index (χ1v) is 9.91. The van der Waals surface area contributed by atoms with Crippen LogP contribution in [0.25, 0.3) is 0 Å². The van der Waals surface area contributed by atoms with Crippen LogP contribution in [-0.4, -0.2) is 21.2 Å². The van der Waals surface area contributed by atoms with Gasteiger partial charge in [0.05, 0.1) is 11.8 Å². The zero-order chi connectivity index (χ0) is 17.4. The Bertz CT molecular complexity index is 760. The minimum atomic E-state index is -0.126. The number of hydrogen-bond acceptors (Lipinski definition) is 4. The van der Waals surface area contributed by atoms with Crippen molar-refractivity contribution in [1.82, 2.24) is 9.97 Å². The molecule has 25 heavy (non-hydrogen) atoms. The van der Waals surface area contributed by atoms with E-state index >= 15 is 0 Å². The quantitative estimate of drug-likeness (QED) is 0.711. The molecular weight excluding hydrogens is 310 g/mol. The summed E-state index contributed by atoms with van der Waals surface area (Å²) in [6, 6.07) is 0. The van der Waals surface area contributed by atoms with Gasteiger partial charge < -0.3 is 10.8 Å². The molecule has 4 nitrogen and oxygen atoms in total. The Hall–Kier alpha value is -1.42. The second-order valence-corrected chi connectivity index (χ2v) is 9.42. The first-order valence-electron chi connectivity index (χ1n) is 9.91. The Kier molecular flexibility index (Phi) is 3.20. The lowest BCUT2D eigenvalue weighted by Gasteiger charge is -2.57. The molecular formula is C21H29N3O. The van der Waals surface area contributed by atoms with Gasteiger partial charge in [0.1, 0.15) is 0 Å². The van der Waals surface area contributed by atoms with Crippen LogP contribution in [0.4, 0.5) is 5.95 Å². The van der Waals surface area contributed by atoms with Crippen molar-refractivity contribution < 1.29 is 5.11 Å². The van der Waals surface area contributed by atoms with Crippen LogP contribution >= 0.6 is 0 Å². The number of aliphatic hydroxyl groups is 1. The molecule has 5 rings (SSSR count). The Balaban J connectivity index is 1.54. The molecule has 1 aromatic rings. The predicted octanol–water partition coefficient (Wildman–Crippen LogP) is 3.40. The largest absolute Gasteiger partial charge is 0.393 e. The predicted molar refractivity (Wildman–Crippen MR) is 97.9 cm³/mol. The van der Waals surface area contributed by atoms with Crippen LogP contribution in [0, 0.1) is 23.2 Å². The summed E-state index contributed by atoms with van der Waals surface area (Å²) < 4.78 is 0. The lowest BCUT2D eigenvalue weighted by molar-refractivity contribution is -0.0169. The molecule has 0 spiro atoms. The molecule has 1 heterocycles. The molecule has 2 saturated carbocycles. The highest BCUT2D eigenvalue weighted by Gasteiger charge is 2.58. The first-order chi connectivity index (χ1) is 11.9. The normalized spacial score (nSPS) is 45.0. The van der Waals surface area contributed by atoms with Crippen molar-refractivity contribution >= 4 is 5.95 Å². The van der Waals surface area contributed by atoms with Gasteiger partial charge in [0.25, 0.3) is 0 Å². The van der Waals surface area contributed by atoms with E-state index in [0.717, 1.165) is 37.5 Å². The second kappa shape index (κ2) is 5.06. The molecule has 134 valence electrons. The minimum Gasteiger partial charge on any atom is -0.393 e. The number of anilines is 1. The highest BCUT2D eigenvalue weighted by atomic mass is 16.3. The van der Waals surface area contributed by atoms with Gasteiger partial charge in [0.2, 0.25) is 5.95 Å². The molecule has 2 fully saturated rings. The average Bonchev–Trinajstić information content (AvgIpc) is 2.88. The van der Waals surface area contributed by atoms with Gasteiger partial charge in [-0.25, -0.2) is 9.97 Å². The fourth-order valence-corrected chi connectivity index (χ4v) is 6.93. The van der Waals surface area contributed by atoms with E-state index in [4.69, 9.17) is 5.73 Å². The molecule has 0 radical (unpaired) electrons. The highest BCUT2D eigenvalue weighted by Crippen LogP contribution is 2.63. The number of nitrogens with zero attached hydrogens (tertiary/aromatic N) is 2. The van der Waals surface area contributed by atoms with Gasteiger partial charge in [0.15, 0.2) is 0 Å². The van der Waals surface area contributed by atoms with Crippen LogP contribution in [-0.2, 0) is 11.8 Å². The van der Waals surface area contributed by atoms with Gasteiger partial charge in [0, 0.05) is 11.6 Å². The zero-order valence-corrected chi connectivity index (χ0v) is 15.3. The van der Waals surface area contributed by atoms with E-state index in [2.05, 4.69) is 29.9 Å². The Labute approximate surface area is 149 Å². The van der Waals surface area contributed by atoms with Crippen molar-refractivity contribution in [2.24, 2.45) is 23.2 Å². The van der Waals surface area contributed by atoms with Crippen molar-refractivity contribution in [3.05, 3.63) is 29.1 Å². The number of nitrogens with two attached hydrogens (primary N) is 1. The molecule has 0 unspecified atom stereocenters. The van der Waals surface area contributed by atoms with E-state index in [-0.39, 0.29) is 11.5 Å². The van der Waals surface area contributed by atoms with Gasteiger partial charge in [-0.15, -0.1) is 0 Å². The number of aliphatic hydroxyl groups excluding tert-OH is 1. The van der Waals surface area contributed by atoms with Gasteiger partial charge in [-0.3, -0.25) is 0 Å². The fraction of sp³-hybridized carbons (Fsp3) is 0.714. The maximum atomic E-state index is 10.1. The van der Waals surface area contributed by atoms with Gasteiger partial charge in [-0.1, -0.05) is 25.5 Å². The molecule has 0 bridgehead atoms. The van der Waals surface area contributed by atoms with Gasteiger partial charge in [-0.05, 0) is 73.7 Å². The van der Waals surface area contributed by atoms with Crippen LogP contribution in [0.15, 0.2) is 17.8 Å². The maximum absolute atomic E-state index is 10.1. The van der Waals surface area contributed by atoms with Crippen LogP contribution in [0.3, 0.4) is 0 Å². The van der Waals surface area contributed by atoms with Gasteiger partial charge in [-0.2, -0.15) is 0 Å². The van der Waals surface area contributed by atoms with Crippen molar-refractivity contribution in [3.8, 4) is 0 Å². The summed E-state index contributed by atoms with van der Waals surface area (Å²) >= 11 is 0. The third kappa shape index (κ3) is 2.03. The summed E-state index contributed by atoms with van der Waals surface area (Å²) in [6.07, 6.45) is 12.1. The molecule has 6 atom stereocenters. The summed E-state index contributed by atoms with van der Waals surface area (Å²) in [5.74, 6) is 2.54. The average molecular weight is 339 g/mol. The third-order valence-corrected chi connectivity index (χ3v) is 8.33. The third-order valence-electron chi connectivity index (χ3n) is 8.33. The zero-order valence-electron chi connectivity index (χ0n) is 15.3. The number of hydrogen-bond donors (Lipinski definition) is 2. The van der Waals surface area contributed by atoms with Crippen LogP contribution in [0.1, 0.15) is 63.6 Å². The molecule has 0 aliphatic heterocycles. The molecule has 0 amide bonds. The molecule has 1 aromatic heterocycles. The maximum Gasteiger partial charge on any atom is 0.220 e. The summed E-state index contributed by atoms with van der Waals surface area (Å²) in [7, 11) is 0. The van der Waals surface area contributed by atoms with Gasteiger partial charge >= 0.3 is 0 Å². The van der Waals surface area contributed by atoms with E-state index in [0.29, 0.717) is 17.3 Å². The van der Waals surface area contributed by atoms with Crippen LogP contribution < -0.4 is 5.73 Å². The number of fused-ring (bicyclic) bond motifs is 7. The Morgan fingerprint density at radius 1 is 1.12 bits per heavy atom. The number of allylic oxidation sites excluding steroid dienone is 1. The molecule has 3 N–H and O–H groups in total. The standard InChI is InChI=1S/C21H29N3O/c1-20-7-5-14(25)10-13(20)3-4-15-16(20)6-8-21(2)17(15)9-12-11-23-19(22)24-18(12)21/h3,11,14-17,25H,4-10H2,1-2H3,(H2,22,23,24)/t14-,15+,16-,17-,20-,21-/m0/s1. The number of aromatic nitrogens is 2. The van der Waals surface area contributed by atoms with E-state index in [1.54, 1.807) is 0 Å². The SMILES string of the molecule is C[C@]12CC[C@H](O)CC1=CC[C@@H]1[C@@H]2CC[C@]2(C)c3nc(N)ncc3C[C@@H]12. The van der Waals surface area contributed by atoms with E-state index in [1.807, 2.05) is 6.20 Å². The minimum absolute atomic E-state index is 0.126. The number of rotatable bonds is 0. The highest BCUT2D eigenvalue weighted by molar-refractivity contribution is 5.39. The molecule has 0 saturated heterocycles. The van der Waals surface area contributed by atoms with Crippen molar-refractivity contribution in [3.63, 3.8) is 0 Å². The van der Waals surface area contributed by atoms with Crippen molar-refractivity contribution in [2.45, 2.75) is 70.3 Å². The molecule has 0 aromatic carbocycles. The molecule has 4 aliphatic carbocycles. The summed E-state index contributed by atoms with van der Waals surface area (Å²) in [5.41, 5.74) is 10.4. The molecule has 4 aliphatic rings. The number of nitrogen functional groups attached to an aromatic ring is 1. The van der Waals surface area contributed by atoms with E-state index in [1.165, 1.54) is 36.1 Å². The topological polar surface area (TPSA) is 72.0 Å². The van der Waals surface area contributed by atoms with E-state index < -0.39 is 0 Å². The fourth-order valence-electron chi connectivity index (χ4n) is 6.93. The van der Waals surface area contributed by atoms with Crippen molar-refractivity contribution in [1.29, 1.82) is 0 Å². The second-order valence-electron chi connectivity index (χ2n) is 9.42. The van der Waals surface area contributed by atoms with Crippen LogP contribution in [0.5, 0.6) is 0 Å². The summed E-state index contributed by atoms with van der Waals surface area (Å²) in [4.78, 5) is 8.93. The lowest BCUT2D eigenvalue weighted by atomic mass is 9.48. The lowest BCUT2D eigenvalue weighted by Crippen LogP contribution is -2.51. The Morgan fingerprint density at radius 2 is 1.92 bits per heavy atom. The molecule has 4 heteroatoms. The monoisotopic (exact) mass is 339 g/mol. The first kappa shape index (κ1) is 15.8. The summed E-state index contributed by atoms with van der Waals surface area (Å²) in [6.45, 7) is 4.89.